The molecule has 2 aromatic rings. The first-order chi connectivity index (χ1) is 10.2. The minimum atomic E-state index is -0.0976. The number of H-pyrrole nitrogens is 1. The van der Waals surface area contributed by atoms with Crippen molar-refractivity contribution in [1.82, 2.24) is 15.3 Å². The van der Waals surface area contributed by atoms with Crippen LogP contribution < -0.4 is 15.8 Å². The number of hydrogen-bond acceptors (Lipinski definition) is 4. The average molecular weight is 284 g/mol. The van der Waals surface area contributed by atoms with Crippen molar-refractivity contribution < 1.29 is 0 Å². The molecule has 1 aliphatic heterocycles. The molecule has 0 radical (unpaired) electrons. The number of aryl methyl sites for hydroxylation is 1. The van der Waals surface area contributed by atoms with Gasteiger partial charge in [0.25, 0.3) is 5.56 Å². The fourth-order valence-electron chi connectivity index (χ4n) is 2.98. The Balaban J connectivity index is 2.00. The number of rotatable bonds is 3. The third kappa shape index (κ3) is 2.83. The van der Waals surface area contributed by atoms with E-state index in [0.29, 0.717) is 11.9 Å². The molecule has 1 aromatic heterocycles. The van der Waals surface area contributed by atoms with E-state index >= 15 is 0 Å². The van der Waals surface area contributed by atoms with Gasteiger partial charge in [-0.15, -0.1) is 0 Å². The first kappa shape index (κ1) is 13.8. The number of aromatic amines is 1. The fraction of sp³-hybridized carbons (Fsp3) is 0.375. The lowest BCUT2D eigenvalue weighted by molar-refractivity contribution is 0.522. The number of nitrogens with zero attached hydrogens (tertiary/aromatic N) is 2. The standard InChI is InChI=1S/C16H20N4O/c1-11-18-15(8-16(21)19-11)20-10-13-6-4-3-5-12(13)7-14(20)9-17-2/h3-6,8,14,17H,7,9-10H2,1-2H3,(H,18,19,21). The third-order valence-corrected chi connectivity index (χ3v) is 3.94. The van der Waals surface area contributed by atoms with Gasteiger partial charge in [-0.25, -0.2) is 4.98 Å². The van der Waals surface area contributed by atoms with Crippen LogP contribution in [-0.2, 0) is 13.0 Å². The van der Waals surface area contributed by atoms with Crippen molar-refractivity contribution >= 4 is 5.82 Å². The normalized spacial score (nSPS) is 17.6. The van der Waals surface area contributed by atoms with Crippen LogP contribution in [0.15, 0.2) is 35.1 Å². The molecule has 110 valence electrons. The molecule has 0 saturated heterocycles. The molecule has 21 heavy (non-hydrogen) atoms. The van der Waals surface area contributed by atoms with Crippen molar-refractivity contribution in [2.45, 2.75) is 25.9 Å². The Kier molecular flexibility index (Phi) is 3.75. The summed E-state index contributed by atoms with van der Waals surface area (Å²) in [7, 11) is 1.95. The number of fused-ring (bicyclic) bond motifs is 1. The Morgan fingerprint density at radius 3 is 2.86 bits per heavy atom. The van der Waals surface area contributed by atoms with Gasteiger partial charge < -0.3 is 15.2 Å². The van der Waals surface area contributed by atoms with Gasteiger partial charge in [0.2, 0.25) is 0 Å². The van der Waals surface area contributed by atoms with Crippen LogP contribution in [0.3, 0.4) is 0 Å². The highest BCUT2D eigenvalue weighted by Gasteiger charge is 2.26. The number of likely N-dealkylation sites (N-methyl/N-ethyl adjacent to an activating group) is 1. The maximum absolute atomic E-state index is 11.7. The number of nitrogens with one attached hydrogen (secondary N) is 2. The van der Waals surface area contributed by atoms with Gasteiger partial charge in [0.05, 0.1) is 0 Å². The van der Waals surface area contributed by atoms with Crippen molar-refractivity contribution in [2.75, 3.05) is 18.5 Å². The summed E-state index contributed by atoms with van der Waals surface area (Å²) in [6, 6.07) is 10.4. The molecule has 0 aliphatic carbocycles. The fourth-order valence-corrected chi connectivity index (χ4v) is 2.98. The highest BCUT2D eigenvalue weighted by atomic mass is 16.1. The molecular formula is C16H20N4O. The Hall–Kier alpha value is -2.14. The van der Waals surface area contributed by atoms with Crippen LogP contribution in [0.5, 0.6) is 0 Å². The molecule has 0 spiro atoms. The number of benzene rings is 1. The van der Waals surface area contributed by atoms with E-state index in [9.17, 15) is 4.79 Å². The molecule has 2 heterocycles. The molecule has 1 atom stereocenters. The minimum absolute atomic E-state index is 0.0976. The minimum Gasteiger partial charge on any atom is -0.347 e. The van der Waals surface area contributed by atoms with Gasteiger partial charge in [0, 0.05) is 25.2 Å². The van der Waals surface area contributed by atoms with Crippen LogP contribution in [0, 0.1) is 6.92 Å². The van der Waals surface area contributed by atoms with E-state index < -0.39 is 0 Å². The highest BCUT2D eigenvalue weighted by Crippen LogP contribution is 2.26. The van der Waals surface area contributed by atoms with Gasteiger partial charge >= 0.3 is 0 Å². The van der Waals surface area contributed by atoms with Crippen LogP contribution in [0.1, 0.15) is 17.0 Å². The van der Waals surface area contributed by atoms with Crippen LogP contribution in [-0.4, -0.2) is 29.6 Å². The quantitative estimate of drug-likeness (QED) is 0.890. The maximum atomic E-state index is 11.7. The van der Waals surface area contributed by atoms with Crippen molar-refractivity contribution in [3.8, 4) is 0 Å². The predicted octanol–water partition coefficient (Wildman–Crippen LogP) is 1.23. The molecule has 5 nitrogen and oxygen atoms in total. The molecule has 3 rings (SSSR count). The largest absolute Gasteiger partial charge is 0.347 e. The number of anilines is 1. The Morgan fingerprint density at radius 1 is 1.38 bits per heavy atom. The molecule has 5 heteroatoms. The molecule has 0 fully saturated rings. The van der Waals surface area contributed by atoms with Crippen molar-refractivity contribution in [2.24, 2.45) is 0 Å². The lowest BCUT2D eigenvalue weighted by Gasteiger charge is -2.37. The summed E-state index contributed by atoms with van der Waals surface area (Å²) < 4.78 is 0. The van der Waals surface area contributed by atoms with Crippen molar-refractivity contribution in [3.63, 3.8) is 0 Å². The molecule has 2 N–H and O–H groups in total. The molecular weight excluding hydrogens is 264 g/mol. The monoisotopic (exact) mass is 284 g/mol. The van der Waals surface area contributed by atoms with Crippen LogP contribution in [0.25, 0.3) is 0 Å². The highest BCUT2D eigenvalue weighted by molar-refractivity contribution is 5.45. The van der Waals surface area contributed by atoms with E-state index in [0.717, 1.165) is 25.3 Å². The summed E-state index contributed by atoms with van der Waals surface area (Å²) in [6.07, 6.45) is 0.963. The summed E-state index contributed by atoms with van der Waals surface area (Å²) in [5, 5.41) is 3.24. The molecule has 0 bridgehead atoms. The number of aromatic nitrogens is 2. The summed E-state index contributed by atoms with van der Waals surface area (Å²) in [5.74, 6) is 1.41. The van der Waals surface area contributed by atoms with Gasteiger partial charge in [-0.2, -0.15) is 0 Å². The Labute approximate surface area is 124 Å². The second kappa shape index (κ2) is 5.69. The van der Waals surface area contributed by atoms with E-state index in [-0.39, 0.29) is 5.56 Å². The zero-order valence-corrected chi connectivity index (χ0v) is 12.4. The molecule has 0 amide bonds. The number of hydrogen-bond donors (Lipinski definition) is 2. The lowest BCUT2D eigenvalue weighted by atomic mass is 9.94. The van der Waals surface area contributed by atoms with E-state index in [1.54, 1.807) is 6.07 Å². The van der Waals surface area contributed by atoms with Gasteiger partial charge in [0.15, 0.2) is 0 Å². The van der Waals surface area contributed by atoms with Crippen molar-refractivity contribution in [3.05, 3.63) is 57.6 Å². The van der Waals surface area contributed by atoms with E-state index in [2.05, 4.69) is 44.5 Å². The lowest BCUT2D eigenvalue weighted by Crippen LogP contribution is -2.46. The molecule has 1 aliphatic rings. The summed E-state index contributed by atoms with van der Waals surface area (Å²) in [6.45, 7) is 3.47. The molecule has 0 saturated carbocycles. The summed E-state index contributed by atoms with van der Waals surface area (Å²) >= 11 is 0. The Bertz CT molecular complexity index is 695. The van der Waals surface area contributed by atoms with Gasteiger partial charge in [0.1, 0.15) is 11.6 Å². The van der Waals surface area contributed by atoms with Crippen LogP contribution in [0.2, 0.25) is 0 Å². The zero-order valence-electron chi connectivity index (χ0n) is 12.4. The van der Waals surface area contributed by atoms with Crippen molar-refractivity contribution in [1.29, 1.82) is 0 Å². The van der Waals surface area contributed by atoms with E-state index in [1.807, 2.05) is 14.0 Å². The zero-order chi connectivity index (χ0) is 14.8. The Morgan fingerprint density at radius 2 is 2.14 bits per heavy atom. The van der Waals surface area contributed by atoms with E-state index in [1.165, 1.54) is 11.1 Å². The predicted molar refractivity (Wildman–Crippen MR) is 83.6 cm³/mol. The topological polar surface area (TPSA) is 61.0 Å². The summed E-state index contributed by atoms with van der Waals surface area (Å²) in [4.78, 5) is 21.2. The molecule has 1 unspecified atom stereocenters. The van der Waals surface area contributed by atoms with E-state index in [4.69, 9.17) is 0 Å². The van der Waals surface area contributed by atoms with Gasteiger partial charge in [-0.05, 0) is 31.5 Å². The summed E-state index contributed by atoms with van der Waals surface area (Å²) in [5.41, 5.74) is 2.60. The van der Waals surface area contributed by atoms with Gasteiger partial charge in [-0.3, -0.25) is 4.79 Å². The third-order valence-electron chi connectivity index (χ3n) is 3.94. The molecule has 1 aromatic carbocycles. The maximum Gasteiger partial charge on any atom is 0.252 e. The van der Waals surface area contributed by atoms with Crippen LogP contribution >= 0.6 is 0 Å². The smallest absolute Gasteiger partial charge is 0.252 e. The first-order valence-electron chi connectivity index (χ1n) is 7.23. The first-order valence-corrected chi connectivity index (χ1v) is 7.23. The van der Waals surface area contributed by atoms with Crippen LogP contribution in [0.4, 0.5) is 5.82 Å². The SMILES string of the molecule is CNCC1Cc2ccccc2CN1c1cc(=O)[nH]c(C)n1. The van der Waals surface area contributed by atoms with Gasteiger partial charge in [-0.1, -0.05) is 24.3 Å². The second-order valence-corrected chi connectivity index (χ2v) is 5.50. The second-order valence-electron chi connectivity index (χ2n) is 5.50. The average Bonchev–Trinajstić information content (AvgIpc) is 2.46.